The molecule has 2 aromatic carbocycles. The van der Waals surface area contributed by atoms with Crippen LogP contribution in [0, 0.1) is 13.8 Å². The van der Waals surface area contributed by atoms with Crippen molar-refractivity contribution in [2.45, 2.75) is 33.4 Å². The van der Waals surface area contributed by atoms with Crippen LogP contribution in [0.3, 0.4) is 0 Å². The fourth-order valence-corrected chi connectivity index (χ4v) is 3.05. The summed E-state index contributed by atoms with van der Waals surface area (Å²) in [4.78, 5) is 16.6. The largest absolute Gasteiger partial charge is 0.489 e. The van der Waals surface area contributed by atoms with E-state index in [2.05, 4.69) is 47.3 Å². The minimum Gasteiger partial charge on any atom is -0.489 e. The Morgan fingerprint density at radius 3 is 2.73 bits per heavy atom. The van der Waals surface area contributed by atoms with Crippen LogP contribution in [0.1, 0.15) is 23.6 Å². The van der Waals surface area contributed by atoms with E-state index in [9.17, 15) is 4.79 Å². The number of nitrogens with zero attached hydrogens (tertiary/aromatic N) is 2. The SMILES string of the molecule is Cc1cc(N2C=CC=CC2C)ccc1OCc1c(C)cccc1N=C=O. The molecule has 26 heavy (non-hydrogen) atoms. The molecule has 0 radical (unpaired) electrons. The van der Waals surface area contributed by atoms with Crippen molar-refractivity contribution in [1.82, 2.24) is 0 Å². The molecular formula is C22H22N2O2. The van der Waals surface area contributed by atoms with E-state index in [1.54, 1.807) is 12.1 Å². The molecule has 1 heterocycles. The maximum absolute atomic E-state index is 10.6. The molecule has 4 nitrogen and oxygen atoms in total. The number of hydrogen-bond donors (Lipinski definition) is 0. The van der Waals surface area contributed by atoms with Gasteiger partial charge in [0.15, 0.2) is 0 Å². The van der Waals surface area contributed by atoms with Crippen molar-refractivity contribution in [2.24, 2.45) is 4.99 Å². The van der Waals surface area contributed by atoms with E-state index in [0.29, 0.717) is 18.3 Å². The summed E-state index contributed by atoms with van der Waals surface area (Å²) >= 11 is 0. The van der Waals surface area contributed by atoms with E-state index in [1.165, 1.54) is 0 Å². The van der Waals surface area contributed by atoms with E-state index in [4.69, 9.17) is 4.74 Å². The van der Waals surface area contributed by atoms with Gasteiger partial charge in [0.2, 0.25) is 6.08 Å². The number of aliphatic imine (C=N–C) groups is 1. The maximum atomic E-state index is 10.6. The van der Waals surface area contributed by atoms with Gasteiger partial charge in [0, 0.05) is 23.5 Å². The Bertz CT molecular complexity index is 908. The Hall–Kier alpha value is -3.10. The summed E-state index contributed by atoms with van der Waals surface area (Å²) in [7, 11) is 0. The van der Waals surface area contributed by atoms with Gasteiger partial charge in [0.1, 0.15) is 12.4 Å². The molecule has 0 saturated carbocycles. The fraction of sp³-hybridized carbons (Fsp3) is 0.227. The molecular weight excluding hydrogens is 324 g/mol. The third-order valence-corrected chi connectivity index (χ3v) is 4.57. The van der Waals surface area contributed by atoms with Gasteiger partial charge in [-0.05, 0) is 62.2 Å². The van der Waals surface area contributed by atoms with Crippen molar-refractivity contribution in [3.05, 3.63) is 77.5 Å². The Morgan fingerprint density at radius 2 is 2.00 bits per heavy atom. The van der Waals surface area contributed by atoms with Gasteiger partial charge in [-0.25, -0.2) is 4.79 Å². The second kappa shape index (κ2) is 7.85. The van der Waals surface area contributed by atoms with Gasteiger partial charge in [0.25, 0.3) is 0 Å². The lowest BCUT2D eigenvalue weighted by Gasteiger charge is -2.28. The van der Waals surface area contributed by atoms with Crippen LogP contribution in [0.25, 0.3) is 0 Å². The first-order chi connectivity index (χ1) is 12.6. The van der Waals surface area contributed by atoms with Crippen molar-refractivity contribution in [1.29, 1.82) is 0 Å². The van der Waals surface area contributed by atoms with E-state index >= 15 is 0 Å². The molecule has 0 fully saturated rings. The zero-order valence-electron chi connectivity index (χ0n) is 15.3. The molecule has 0 saturated heterocycles. The molecule has 2 aromatic rings. The molecule has 0 spiro atoms. The van der Waals surface area contributed by atoms with Crippen LogP contribution in [0.15, 0.2) is 65.8 Å². The Morgan fingerprint density at radius 1 is 1.15 bits per heavy atom. The second-order valence-corrected chi connectivity index (χ2v) is 6.39. The summed E-state index contributed by atoms with van der Waals surface area (Å²) in [6, 6.07) is 12.1. The van der Waals surface area contributed by atoms with Crippen LogP contribution in [-0.2, 0) is 11.4 Å². The Balaban J connectivity index is 1.79. The zero-order valence-corrected chi connectivity index (χ0v) is 15.3. The third kappa shape index (κ3) is 3.76. The predicted molar refractivity (Wildman–Crippen MR) is 105 cm³/mol. The molecule has 0 N–H and O–H groups in total. The van der Waals surface area contributed by atoms with Crippen LogP contribution >= 0.6 is 0 Å². The first-order valence-electron chi connectivity index (χ1n) is 8.63. The van der Waals surface area contributed by atoms with Gasteiger partial charge in [-0.1, -0.05) is 24.3 Å². The van der Waals surface area contributed by atoms with E-state index < -0.39 is 0 Å². The lowest BCUT2D eigenvalue weighted by molar-refractivity contribution is 0.304. The van der Waals surface area contributed by atoms with Gasteiger partial charge in [-0.3, -0.25) is 0 Å². The topological polar surface area (TPSA) is 41.9 Å². The smallest absolute Gasteiger partial charge is 0.240 e. The van der Waals surface area contributed by atoms with Crippen molar-refractivity contribution >= 4 is 17.5 Å². The zero-order chi connectivity index (χ0) is 18.5. The van der Waals surface area contributed by atoms with Crippen LogP contribution in [0.4, 0.5) is 11.4 Å². The number of carbonyl (C=O) groups excluding carboxylic acids is 1. The summed E-state index contributed by atoms with van der Waals surface area (Å²) in [5.74, 6) is 0.821. The lowest BCUT2D eigenvalue weighted by Crippen LogP contribution is -2.27. The number of rotatable bonds is 5. The maximum Gasteiger partial charge on any atom is 0.240 e. The Labute approximate surface area is 154 Å². The third-order valence-electron chi connectivity index (χ3n) is 4.57. The molecule has 3 rings (SSSR count). The first-order valence-corrected chi connectivity index (χ1v) is 8.63. The predicted octanol–water partition coefficient (Wildman–Crippen LogP) is 5.13. The molecule has 1 atom stereocenters. The van der Waals surface area contributed by atoms with Gasteiger partial charge < -0.3 is 9.64 Å². The molecule has 132 valence electrons. The quantitative estimate of drug-likeness (QED) is 0.557. The molecule has 0 aromatic heterocycles. The monoisotopic (exact) mass is 346 g/mol. The van der Waals surface area contributed by atoms with Crippen molar-refractivity contribution in [3.63, 3.8) is 0 Å². The second-order valence-electron chi connectivity index (χ2n) is 6.39. The number of isocyanates is 1. The number of anilines is 1. The van der Waals surface area contributed by atoms with Gasteiger partial charge in [-0.2, -0.15) is 4.99 Å². The van der Waals surface area contributed by atoms with Gasteiger partial charge >= 0.3 is 0 Å². The van der Waals surface area contributed by atoms with E-state index in [1.807, 2.05) is 38.1 Å². The van der Waals surface area contributed by atoms with Crippen LogP contribution in [0.2, 0.25) is 0 Å². The average Bonchev–Trinajstić information content (AvgIpc) is 2.63. The van der Waals surface area contributed by atoms with E-state index in [-0.39, 0.29) is 0 Å². The lowest BCUT2D eigenvalue weighted by atomic mass is 10.1. The summed E-state index contributed by atoms with van der Waals surface area (Å²) in [5.41, 5.74) is 4.73. The molecule has 0 amide bonds. The summed E-state index contributed by atoms with van der Waals surface area (Å²) in [6.45, 7) is 6.54. The molecule has 4 heteroatoms. The minimum atomic E-state index is 0.321. The van der Waals surface area contributed by atoms with Gasteiger partial charge in [0.05, 0.1) is 5.69 Å². The Kier molecular flexibility index (Phi) is 5.35. The highest BCUT2D eigenvalue weighted by molar-refractivity contribution is 5.58. The minimum absolute atomic E-state index is 0.321. The number of allylic oxidation sites excluding steroid dienone is 2. The highest BCUT2D eigenvalue weighted by atomic mass is 16.5. The van der Waals surface area contributed by atoms with Gasteiger partial charge in [-0.15, -0.1) is 0 Å². The highest BCUT2D eigenvalue weighted by Gasteiger charge is 2.13. The average molecular weight is 346 g/mol. The fourth-order valence-electron chi connectivity index (χ4n) is 3.05. The standard InChI is InChI=1S/C22H22N2O2/c1-16-7-6-9-21(23-15-25)20(16)14-26-22-11-10-19(13-17(22)2)24-12-5-4-8-18(24)3/h4-13,18H,14H2,1-3H3. The number of ether oxygens (including phenoxy) is 1. The molecule has 1 aliphatic rings. The van der Waals surface area contributed by atoms with Crippen LogP contribution in [0.5, 0.6) is 5.75 Å². The molecule has 1 aliphatic heterocycles. The van der Waals surface area contributed by atoms with E-state index in [0.717, 1.165) is 28.1 Å². The summed E-state index contributed by atoms with van der Waals surface area (Å²) in [5, 5.41) is 0. The normalized spacial score (nSPS) is 15.7. The van der Waals surface area contributed by atoms with Crippen molar-refractivity contribution in [2.75, 3.05) is 4.90 Å². The molecule has 0 aliphatic carbocycles. The number of hydrogen-bond acceptors (Lipinski definition) is 4. The van der Waals surface area contributed by atoms with Crippen LogP contribution in [-0.4, -0.2) is 12.1 Å². The first kappa shape index (κ1) is 17.7. The highest BCUT2D eigenvalue weighted by Crippen LogP contribution is 2.29. The summed E-state index contributed by atoms with van der Waals surface area (Å²) in [6.07, 6.45) is 9.95. The van der Waals surface area contributed by atoms with Crippen molar-refractivity contribution in [3.8, 4) is 5.75 Å². The summed E-state index contributed by atoms with van der Waals surface area (Å²) < 4.78 is 6.02. The number of benzene rings is 2. The molecule has 1 unspecified atom stereocenters. The van der Waals surface area contributed by atoms with Crippen LogP contribution < -0.4 is 9.64 Å². The molecule has 0 bridgehead atoms. The number of aryl methyl sites for hydroxylation is 2. The van der Waals surface area contributed by atoms with Crippen molar-refractivity contribution < 1.29 is 9.53 Å².